The molecule has 0 spiro atoms. The molecule has 1 heterocycles. The van der Waals surface area contributed by atoms with Crippen molar-refractivity contribution in [3.8, 4) is 0 Å². The first-order valence-corrected chi connectivity index (χ1v) is 7.48. The van der Waals surface area contributed by atoms with E-state index >= 15 is 0 Å². The van der Waals surface area contributed by atoms with Gasteiger partial charge in [0.15, 0.2) is 0 Å². The monoisotopic (exact) mass is 285 g/mol. The SMILES string of the molecule is CCC[C@H](NC(=O)N(C)CC1CCCN1CC)C(=O)O. The van der Waals surface area contributed by atoms with E-state index < -0.39 is 12.0 Å². The Morgan fingerprint density at radius 1 is 1.45 bits per heavy atom. The molecule has 1 fully saturated rings. The molecule has 0 aromatic heterocycles. The summed E-state index contributed by atoms with van der Waals surface area (Å²) in [7, 11) is 1.73. The Hall–Kier alpha value is -1.30. The lowest BCUT2D eigenvalue weighted by atomic mass is 10.2. The summed E-state index contributed by atoms with van der Waals surface area (Å²) in [6.45, 7) is 6.76. The zero-order valence-corrected chi connectivity index (χ0v) is 12.8. The Morgan fingerprint density at radius 3 is 2.70 bits per heavy atom. The molecule has 1 aliphatic rings. The van der Waals surface area contributed by atoms with Crippen LogP contribution in [0.2, 0.25) is 0 Å². The van der Waals surface area contributed by atoms with E-state index in [0.717, 1.165) is 25.9 Å². The van der Waals surface area contributed by atoms with Gasteiger partial charge in [0.25, 0.3) is 0 Å². The molecular weight excluding hydrogens is 258 g/mol. The number of likely N-dealkylation sites (N-methyl/N-ethyl adjacent to an activating group) is 2. The van der Waals surface area contributed by atoms with Crippen molar-refractivity contribution in [2.75, 3.05) is 26.7 Å². The predicted molar refractivity (Wildman–Crippen MR) is 77.8 cm³/mol. The van der Waals surface area contributed by atoms with Gasteiger partial charge in [-0.25, -0.2) is 9.59 Å². The summed E-state index contributed by atoms with van der Waals surface area (Å²) in [6, 6.07) is -0.695. The van der Waals surface area contributed by atoms with E-state index in [-0.39, 0.29) is 6.03 Å². The maximum atomic E-state index is 12.0. The van der Waals surface area contributed by atoms with Gasteiger partial charge in [-0.2, -0.15) is 0 Å². The van der Waals surface area contributed by atoms with E-state index in [1.54, 1.807) is 11.9 Å². The van der Waals surface area contributed by atoms with E-state index in [2.05, 4.69) is 17.1 Å². The predicted octanol–water partition coefficient (Wildman–Crippen LogP) is 1.37. The van der Waals surface area contributed by atoms with Gasteiger partial charge in [0.05, 0.1) is 0 Å². The minimum absolute atomic E-state index is 0.297. The van der Waals surface area contributed by atoms with E-state index in [1.807, 2.05) is 6.92 Å². The first-order chi connectivity index (χ1) is 9.49. The van der Waals surface area contributed by atoms with Crippen molar-refractivity contribution in [3.05, 3.63) is 0 Å². The molecule has 1 rings (SSSR count). The highest BCUT2D eigenvalue weighted by Crippen LogP contribution is 2.17. The van der Waals surface area contributed by atoms with Crippen LogP contribution in [0.4, 0.5) is 4.79 Å². The smallest absolute Gasteiger partial charge is 0.326 e. The van der Waals surface area contributed by atoms with Crippen molar-refractivity contribution in [2.45, 2.75) is 51.6 Å². The van der Waals surface area contributed by atoms with Crippen LogP contribution in [0.25, 0.3) is 0 Å². The molecule has 0 aliphatic carbocycles. The van der Waals surface area contributed by atoms with Gasteiger partial charge in [0.1, 0.15) is 6.04 Å². The van der Waals surface area contributed by atoms with E-state index in [9.17, 15) is 9.59 Å². The second-order valence-corrected chi connectivity index (χ2v) is 5.43. The van der Waals surface area contributed by atoms with Crippen LogP contribution in [0.15, 0.2) is 0 Å². The number of hydrogen-bond donors (Lipinski definition) is 2. The van der Waals surface area contributed by atoms with Crippen LogP contribution < -0.4 is 5.32 Å². The molecule has 0 saturated carbocycles. The average Bonchev–Trinajstić information content (AvgIpc) is 2.85. The number of amides is 2. The van der Waals surface area contributed by atoms with Crippen LogP contribution in [0.3, 0.4) is 0 Å². The summed E-state index contributed by atoms with van der Waals surface area (Å²) in [5.74, 6) is -0.968. The summed E-state index contributed by atoms with van der Waals surface area (Å²) in [4.78, 5) is 27.1. The molecule has 6 nitrogen and oxygen atoms in total. The topological polar surface area (TPSA) is 72.9 Å². The third-order valence-corrected chi connectivity index (χ3v) is 3.91. The third kappa shape index (κ3) is 4.67. The van der Waals surface area contributed by atoms with Crippen LogP contribution in [-0.4, -0.2) is 65.7 Å². The Labute approximate surface area is 121 Å². The molecule has 2 atom stereocenters. The summed E-state index contributed by atoms with van der Waals surface area (Å²) < 4.78 is 0. The summed E-state index contributed by atoms with van der Waals surface area (Å²) in [5, 5.41) is 11.7. The fourth-order valence-corrected chi connectivity index (χ4v) is 2.72. The number of aliphatic carboxylic acids is 1. The van der Waals surface area contributed by atoms with Crippen LogP contribution in [0.1, 0.15) is 39.5 Å². The standard InChI is InChI=1S/C14H27N3O3/c1-4-7-12(13(18)19)15-14(20)16(3)10-11-8-6-9-17(11)5-2/h11-12H,4-10H2,1-3H3,(H,15,20)(H,18,19)/t11?,12-/m0/s1. The maximum absolute atomic E-state index is 12.0. The van der Waals surface area contributed by atoms with Gasteiger partial charge in [-0.3, -0.25) is 4.90 Å². The number of nitrogens with zero attached hydrogens (tertiary/aromatic N) is 2. The zero-order chi connectivity index (χ0) is 15.1. The van der Waals surface area contributed by atoms with Gasteiger partial charge in [-0.1, -0.05) is 20.3 Å². The van der Waals surface area contributed by atoms with Gasteiger partial charge in [0.2, 0.25) is 0 Å². The Balaban J connectivity index is 2.47. The molecule has 6 heteroatoms. The Kier molecular flexibility index (Phi) is 6.78. The molecule has 0 aromatic carbocycles. The Morgan fingerprint density at radius 2 is 2.15 bits per heavy atom. The van der Waals surface area contributed by atoms with Crippen molar-refractivity contribution in [2.24, 2.45) is 0 Å². The molecule has 2 amide bonds. The molecular formula is C14H27N3O3. The summed E-state index contributed by atoms with van der Waals surface area (Å²) in [5.41, 5.74) is 0. The van der Waals surface area contributed by atoms with Crippen molar-refractivity contribution in [1.29, 1.82) is 0 Å². The van der Waals surface area contributed by atoms with Gasteiger partial charge < -0.3 is 15.3 Å². The number of likely N-dealkylation sites (tertiary alicyclic amines) is 1. The van der Waals surface area contributed by atoms with Gasteiger partial charge >= 0.3 is 12.0 Å². The van der Waals surface area contributed by atoms with Crippen LogP contribution >= 0.6 is 0 Å². The lowest BCUT2D eigenvalue weighted by Gasteiger charge is -2.28. The normalized spacial score (nSPS) is 20.6. The second kappa shape index (κ2) is 8.09. The van der Waals surface area contributed by atoms with Crippen molar-refractivity contribution in [3.63, 3.8) is 0 Å². The third-order valence-electron chi connectivity index (χ3n) is 3.91. The van der Waals surface area contributed by atoms with Crippen molar-refractivity contribution < 1.29 is 14.7 Å². The summed E-state index contributed by atoms with van der Waals surface area (Å²) in [6.07, 6.45) is 3.46. The largest absolute Gasteiger partial charge is 0.480 e. The Bertz CT molecular complexity index is 336. The van der Waals surface area contributed by atoms with Crippen LogP contribution in [0.5, 0.6) is 0 Å². The first-order valence-electron chi connectivity index (χ1n) is 7.48. The molecule has 1 saturated heterocycles. The number of nitrogens with one attached hydrogen (secondary N) is 1. The molecule has 2 N–H and O–H groups in total. The number of urea groups is 1. The molecule has 0 bridgehead atoms. The molecule has 0 aromatic rings. The zero-order valence-electron chi connectivity index (χ0n) is 12.8. The van der Waals surface area contributed by atoms with Crippen LogP contribution in [-0.2, 0) is 4.79 Å². The van der Waals surface area contributed by atoms with Crippen LogP contribution in [0, 0.1) is 0 Å². The van der Waals surface area contributed by atoms with Crippen molar-refractivity contribution >= 4 is 12.0 Å². The van der Waals surface area contributed by atoms with Crippen molar-refractivity contribution in [1.82, 2.24) is 15.1 Å². The highest BCUT2D eigenvalue weighted by Gasteiger charge is 2.27. The number of hydrogen-bond acceptors (Lipinski definition) is 3. The highest BCUT2D eigenvalue weighted by atomic mass is 16.4. The second-order valence-electron chi connectivity index (χ2n) is 5.43. The quantitative estimate of drug-likeness (QED) is 0.741. The molecule has 20 heavy (non-hydrogen) atoms. The van der Waals surface area contributed by atoms with Gasteiger partial charge in [-0.05, 0) is 32.4 Å². The van der Waals surface area contributed by atoms with E-state index in [0.29, 0.717) is 19.0 Å². The minimum atomic E-state index is -0.968. The molecule has 0 radical (unpaired) electrons. The van der Waals surface area contributed by atoms with Gasteiger partial charge in [0, 0.05) is 19.6 Å². The molecule has 1 aliphatic heterocycles. The molecule has 1 unspecified atom stereocenters. The fourth-order valence-electron chi connectivity index (χ4n) is 2.72. The number of carboxylic acids is 1. The number of rotatable bonds is 7. The number of carbonyl (C=O) groups excluding carboxylic acids is 1. The van der Waals surface area contributed by atoms with Gasteiger partial charge in [-0.15, -0.1) is 0 Å². The number of carboxylic acid groups (broad SMARTS) is 1. The first kappa shape index (κ1) is 16.8. The lowest BCUT2D eigenvalue weighted by Crippen LogP contribution is -2.49. The van der Waals surface area contributed by atoms with E-state index in [4.69, 9.17) is 5.11 Å². The van der Waals surface area contributed by atoms with E-state index in [1.165, 1.54) is 6.42 Å². The maximum Gasteiger partial charge on any atom is 0.326 e. The summed E-state index contributed by atoms with van der Waals surface area (Å²) >= 11 is 0. The fraction of sp³-hybridized carbons (Fsp3) is 0.857. The molecule has 116 valence electrons. The lowest BCUT2D eigenvalue weighted by molar-refractivity contribution is -0.139. The minimum Gasteiger partial charge on any atom is -0.480 e. The highest BCUT2D eigenvalue weighted by molar-refractivity contribution is 5.82. The average molecular weight is 285 g/mol. The number of carbonyl (C=O) groups is 2.